The number of β-amino-alcohol motifs (C(OH)–C–C–N with tert-alkyl or cyclic N) is 2. The molecule has 2 aliphatic carbocycles. The number of aromatic nitrogens is 4. The van der Waals surface area contributed by atoms with Crippen molar-refractivity contribution in [3.8, 4) is 0 Å². The van der Waals surface area contributed by atoms with E-state index in [-0.39, 0.29) is 72.2 Å². The SMILES string of the molecule is C[C@@H]1CN(CCO)CCN1c1nc(Cl)nc(NNC(=O)[C@@H](CNC(=O)O)CC2CCCC2)c1F.C[C@@H]1CN(CCO)CCN1c1nc(Cl)nc(NNC(=O)[C@@H](CNC(=O)O)CC2CCCC2)c1F. The quantitative estimate of drug-likeness (QED) is 0.0672. The largest absolute Gasteiger partial charge is 0.465 e. The Morgan fingerprint density at radius 1 is 0.632 bits per heavy atom. The number of hydrogen-bond acceptors (Lipinski definition) is 16. The highest BCUT2D eigenvalue weighted by atomic mass is 35.5. The van der Waals surface area contributed by atoms with Crippen molar-refractivity contribution in [3.05, 3.63) is 22.2 Å². The molecule has 4 amide bonds. The maximum absolute atomic E-state index is 15.3. The van der Waals surface area contributed by atoms with Gasteiger partial charge in [0.05, 0.1) is 25.0 Å². The minimum Gasteiger partial charge on any atom is -0.465 e. The van der Waals surface area contributed by atoms with E-state index < -0.39 is 47.5 Å². The van der Waals surface area contributed by atoms with Crippen LogP contribution in [-0.4, -0.2) is 165 Å². The van der Waals surface area contributed by atoms with E-state index in [0.717, 1.165) is 51.4 Å². The van der Waals surface area contributed by atoms with Gasteiger partial charge in [0.2, 0.25) is 34.0 Å². The number of nitrogens with one attached hydrogen (secondary N) is 6. The number of carbonyl (C=O) groups is 4. The first-order valence-corrected chi connectivity index (χ1v) is 24.0. The summed E-state index contributed by atoms with van der Waals surface area (Å²) in [5.41, 5.74) is 9.96. The van der Waals surface area contributed by atoms with Crippen LogP contribution in [0.2, 0.25) is 10.6 Å². The van der Waals surface area contributed by atoms with Gasteiger partial charge in [0.15, 0.2) is 23.3 Å². The first-order chi connectivity index (χ1) is 32.6. The van der Waals surface area contributed by atoms with Crippen LogP contribution in [0.1, 0.15) is 78.1 Å². The fraction of sp³-hybridized carbons (Fsp3) is 0.714. The predicted molar refractivity (Wildman–Crippen MR) is 250 cm³/mol. The zero-order chi connectivity index (χ0) is 49.3. The van der Waals surface area contributed by atoms with Crippen LogP contribution < -0.4 is 42.1 Å². The molecule has 68 heavy (non-hydrogen) atoms. The number of amides is 4. The number of hydrogen-bond donors (Lipinski definition) is 10. The third-order valence-electron chi connectivity index (χ3n) is 12.9. The van der Waals surface area contributed by atoms with Gasteiger partial charge in [0.25, 0.3) is 0 Å². The Kier molecular flexibility index (Phi) is 21.3. The van der Waals surface area contributed by atoms with Crippen molar-refractivity contribution in [2.45, 2.75) is 90.1 Å². The summed E-state index contributed by atoms with van der Waals surface area (Å²) in [6.07, 6.45) is 7.11. The summed E-state index contributed by atoms with van der Waals surface area (Å²) in [4.78, 5) is 71.1. The van der Waals surface area contributed by atoms with Crippen LogP contribution in [0, 0.1) is 35.3 Å². The molecule has 22 nitrogen and oxygen atoms in total. The first kappa shape index (κ1) is 54.1. The molecule has 380 valence electrons. The lowest BCUT2D eigenvalue weighted by atomic mass is 9.92. The van der Waals surface area contributed by atoms with Crippen LogP contribution >= 0.6 is 23.2 Å². The molecule has 0 aromatic carbocycles. The van der Waals surface area contributed by atoms with Gasteiger partial charge in [-0.25, -0.2) is 9.59 Å². The highest BCUT2D eigenvalue weighted by Crippen LogP contribution is 2.33. The predicted octanol–water partition coefficient (Wildman–Crippen LogP) is 3.36. The van der Waals surface area contributed by atoms with Crippen molar-refractivity contribution < 1.29 is 48.4 Å². The van der Waals surface area contributed by atoms with E-state index in [1.165, 1.54) is 0 Å². The normalized spacial score (nSPS) is 20.2. The number of nitrogens with zero attached hydrogens (tertiary/aromatic N) is 8. The van der Waals surface area contributed by atoms with Crippen molar-refractivity contribution in [1.29, 1.82) is 0 Å². The summed E-state index contributed by atoms with van der Waals surface area (Å²) < 4.78 is 30.6. The van der Waals surface area contributed by atoms with Gasteiger partial charge in [0.1, 0.15) is 0 Å². The van der Waals surface area contributed by atoms with Crippen LogP contribution in [0.25, 0.3) is 0 Å². The molecule has 0 spiro atoms. The second kappa shape index (κ2) is 26.8. The molecular formula is C42H66Cl2F2N14O8. The molecule has 0 unspecified atom stereocenters. The molecule has 4 aliphatic rings. The van der Waals surface area contributed by atoms with Crippen LogP contribution in [0.15, 0.2) is 0 Å². The Balaban J connectivity index is 0.000000254. The molecule has 0 bridgehead atoms. The van der Waals surface area contributed by atoms with Gasteiger partial charge >= 0.3 is 12.2 Å². The summed E-state index contributed by atoms with van der Waals surface area (Å²) in [7, 11) is 0. The lowest BCUT2D eigenvalue weighted by molar-refractivity contribution is -0.125. The molecule has 2 aliphatic heterocycles. The van der Waals surface area contributed by atoms with E-state index in [0.29, 0.717) is 77.0 Å². The maximum atomic E-state index is 15.3. The van der Waals surface area contributed by atoms with Crippen LogP contribution in [-0.2, 0) is 9.59 Å². The van der Waals surface area contributed by atoms with Crippen molar-refractivity contribution in [3.63, 3.8) is 0 Å². The molecule has 0 radical (unpaired) electrons. The zero-order valence-corrected chi connectivity index (χ0v) is 40.0. The molecule has 4 fully saturated rings. The molecular weight excluding hydrogens is 937 g/mol. The molecule has 4 heterocycles. The summed E-state index contributed by atoms with van der Waals surface area (Å²) in [5.74, 6) is -3.37. The van der Waals surface area contributed by atoms with Gasteiger partial charge in [-0.05, 0) is 61.7 Å². The number of carbonyl (C=O) groups excluding carboxylic acids is 2. The average Bonchev–Trinajstić information content (AvgIpc) is 4.02. The Bertz CT molecular complexity index is 1850. The monoisotopic (exact) mass is 1000 g/mol. The number of piperazine rings is 2. The molecule has 2 saturated heterocycles. The highest BCUT2D eigenvalue weighted by Gasteiger charge is 2.32. The standard InChI is InChI=1S/2C21H33ClFN7O4/c2*1-13-12-29(8-9-31)6-7-30(13)18-16(23)17(25-20(22)26-18)27-28-19(32)15(11-24-21(33)34)10-14-4-2-3-5-14/h2*13-15,24,31H,2-12H2,1H3,(H,28,32)(H,33,34)(H,25,26,27)/t2*13-,15-/m11/s1. The van der Waals surface area contributed by atoms with Crippen molar-refractivity contribution in [1.82, 2.24) is 51.2 Å². The minimum absolute atomic E-state index is 0.0305. The lowest BCUT2D eigenvalue weighted by Gasteiger charge is -2.40. The number of hydrazine groups is 2. The van der Waals surface area contributed by atoms with Crippen molar-refractivity contribution in [2.24, 2.45) is 23.7 Å². The Morgan fingerprint density at radius 2 is 1.00 bits per heavy atom. The van der Waals surface area contributed by atoms with Gasteiger partial charge in [-0.1, -0.05) is 51.4 Å². The third kappa shape index (κ3) is 16.1. The molecule has 4 atom stereocenters. The zero-order valence-electron chi connectivity index (χ0n) is 38.5. The minimum atomic E-state index is -1.20. The fourth-order valence-electron chi connectivity index (χ4n) is 9.48. The fourth-order valence-corrected chi connectivity index (χ4v) is 9.81. The summed E-state index contributed by atoms with van der Waals surface area (Å²) >= 11 is 12.1. The number of halogens is 4. The van der Waals surface area contributed by atoms with Crippen LogP contribution in [0.4, 0.5) is 41.6 Å². The van der Waals surface area contributed by atoms with E-state index >= 15 is 8.78 Å². The van der Waals surface area contributed by atoms with Gasteiger partial charge < -0.3 is 40.9 Å². The lowest BCUT2D eigenvalue weighted by Crippen LogP contribution is -2.53. The van der Waals surface area contributed by atoms with Crippen LogP contribution in [0.5, 0.6) is 0 Å². The van der Waals surface area contributed by atoms with E-state index in [4.69, 9.17) is 43.6 Å². The highest BCUT2D eigenvalue weighted by molar-refractivity contribution is 6.28. The Labute approximate surface area is 404 Å². The van der Waals surface area contributed by atoms with E-state index in [1.54, 1.807) is 9.80 Å². The topological polar surface area (TPSA) is 286 Å². The van der Waals surface area contributed by atoms with E-state index in [2.05, 4.69) is 62.1 Å². The molecule has 10 N–H and O–H groups in total. The summed E-state index contributed by atoms with van der Waals surface area (Å²) in [5, 5.41) is 40.4. The van der Waals surface area contributed by atoms with Crippen molar-refractivity contribution >= 4 is 70.5 Å². The molecule has 2 aromatic heterocycles. The number of carboxylic acid groups (broad SMARTS) is 2. The smallest absolute Gasteiger partial charge is 0.404 e. The van der Waals surface area contributed by atoms with Crippen molar-refractivity contribution in [2.75, 3.05) is 99.3 Å². The molecule has 6 rings (SSSR count). The second-order valence-corrected chi connectivity index (χ2v) is 18.5. The van der Waals surface area contributed by atoms with Gasteiger partial charge in [-0.3, -0.25) is 41.1 Å². The Morgan fingerprint density at radius 3 is 1.32 bits per heavy atom. The van der Waals surface area contributed by atoms with Crippen LogP contribution in [0.3, 0.4) is 0 Å². The van der Waals surface area contributed by atoms with Gasteiger partial charge in [0, 0.05) is 77.5 Å². The van der Waals surface area contributed by atoms with Gasteiger partial charge in [-0.15, -0.1) is 0 Å². The first-order valence-electron chi connectivity index (χ1n) is 23.3. The maximum Gasteiger partial charge on any atom is 0.404 e. The number of aliphatic hydroxyl groups excluding tert-OH is 2. The Hall–Kier alpha value is -4.88. The molecule has 2 aromatic rings. The second-order valence-electron chi connectivity index (χ2n) is 17.9. The number of aliphatic hydroxyl groups is 2. The summed E-state index contributed by atoms with van der Waals surface area (Å²) in [6.45, 7) is 8.47. The van der Waals surface area contributed by atoms with E-state index in [1.807, 2.05) is 13.8 Å². The molecule has 2 saturated carbocycles. The molecule has 26 heteroatoms. The third-order valence-corrected chi connectivity index (χ3v) is 13.3. The summed E-state index contributed by atoms with van der Waals surface area (Å²) in [6, 6.07) is -0.165. The number of anilines is 4. The average molecular weight is 1000 g/mol. The number of rotatable bonds is 20. The van der Waals surface area contributed by atoms with E-state index in [9.17, 15) is 19.2 Å². The van der Waals surface area contributed by atoms with Gasteiger partial charge in [-0.2, -0.15) is 28.7 Å².